The monoisotopic (exact) mass is 481 g/mol. The topological polar surface area (TPSA) is 108 Å². The Morgan fingerprint density at radius 2 is 1.71 bits per heavy atom. The van der Waals surface area contributed by atoms with Crippen LogP contribution in [0.2, 0.25) is 0 Å². The molecule has 2 aromatic carbocycles. The standard InChI is InChI=1S/C25H31N5O5/c1-19-7-8-21(22(17-19)30(33)34)26-25(32)24(20-5-3-2-4-6-20)29-11-9-28(10-12-29)23(31)18-27-13-15-35-16-14-27/h2-8,17,24H,9-16,18H2,1H3,(H,26,32). The Bertz CT molecular complexity index is 1050. The summed E-state index contributed by atoms with van der Waals surface area (Å²) in [6.07, 6.45) is 0. The number of amides is 2. The van der Waals surface area contributed by atoms with E-state index in [0.717, 1.165) is 24.2 Å². The molecule has 0 spiro atoms. The first-order chi connectivity index (χ1) is 16.9. The number of nitrogens with one attached hydrogen (secondary N) is 1. The Morgan fingerprint density at radius 1 is 1.03 bits per heavy atom. The summed E-state index contributed by atoms with van der Waals surface area (Å²) in [5.41, 5.74) is 1.58. The molecule has 2 aliphatic rings. The van der Waals surface area contributed by atoms with Crippen molar-refractivity contribution in [3.8, 4) is 0 Å². The minimum absolute atomic E-state index is 0.0857. The molecule has 186 valence electrons. The predicted molar refractivity (Wildman–Crippen MR) is 131 cm³/mol. The van der Waals surface area contributed by atoms with Gasteiger partial charge in [-0.3, -0.25) is 29.5 Å². The van der Waals surface area contributed by atoms with Crippen molar-refractivity contribution in [1.82, 2.24) is 14.7 Å². The van der Waals surface area contributed by atoms with Crippen molar-refractivity contribution in [2.75, 3.05) is 64.3 Å². The van der Waals surface area contributed by atoms with Crippen LogP contribution in [-0.4, -0.2) is 90.5 Å². The van der Waals surface area contributed by atoms with E-state index in [1.165, 1.54) is 6.07 Å². The lowest BCUT2D eigenvalue weighted by molar-refractivity contribution is -0.384. The van der Waals surface area contributed by atoms with E-state index < -0.39 is 11.0 Å². The van der Waals surface area contributed by atoms with Crippen LogP contribution in [0.25, 0.3) is 0 Å². The van der Waals surface area contributed by atoms with Gasteiger partial charge in [-0.1, -0.05) is 36.4 Å². The van der Waals surface area contributed by atoms with Crippen LogP contribution < -0.4 is 5.32 Å². The Morgan fingerprint density at radius 3 is 2.37 bits per heavy atom. The summed E-state index contributed by atoms with van der Waals surface area (Å²) < 4.78 is 5.35. The van der Waals surface area contributed by atoms with Crippen LogP contribution in [0.15, 0.2) is 48.5 Å². The van der Waals surface area contributed by atoms with E-state index in [2.05, 4.69) is 10.2 Å². The molecule has 4 rings (SSSR count). The molecular weight excluding hydrogens is 450 g/mol. The van der Waals surface area contributed by atoms with E-state index in [4.69, 9.17) is 4.74 Å². The van der Waals surface area contributed by atoms with Crippen LogP contribution in [0, 0.1) is 17.0 Å². The fraction of sp³-hybridized carbons (Fsp3) is 0.440. The molecule has 35 heavy (non-hydrogen) atoms. The van der Waals surface area contributed by atoms with E-state index in [0.29, 0.717) is 45.9 Å². The minimum Gasteiger partial charge on any atom is -0.379 e. The smallest absolute Gasteiger partial charge is 0.293 e. The van der Waals surface area contributed by atoms with Gasteiger partial charge in [-0.2, -0.15) is 0 Å². The number of aryl methyl sites for hydroxylation is 1. The third kappa shape index (κ3) is 6.21. The summed E-state index contributed by atoms with van der Waals surface area (Å²) in [4.78, 5) is 43.3. The van der Waals surface area contributed by atoms with E-state index in [-0.39, 0.29) is 23.2 Å². The molecule has 0 aliphatic carbocycles. The zero-order valence-corrected chi connectivity index (χ0v) is 19.9. The van der Waals surface area contributed by atoms with E-state index in [1.807, 2.05) is 40.1 Å². The van der Waals surface area contributed by atoms with Crippen molar-refractivity contribution in [1.29, 1.82) is 0 Å². The number of hydrogen-bond donors (Lipinski definition) is 1. The van der Waals surface area contributed by atoms with Crippen LogP contribution >= 0.6 is 0 Å². The van der Waals surface area contributed by atoms with Gasteiger partial charge in [0.15, 0.2) is 0 Å². The summed E-state index contributed by atoms with van der Waals surface area (Å²) in [6, 6.07) is 13.5. The van der Waals surface area contributed by atoms with Gasteiger partial charge in [0.1, 0.15) is 11.7 Å². The Balaban J connectivity index is 1.46. The van der Waals surface area contributed by atoms with Crippen LogP contribution in [0.5, 0.6) is 0 Å². The minimum atomic E-state index is -0.631. The van der Waals surface area contributed by atoms with Crippen molar-refractivity contribution in [3.63, 3.8) is 0 Å². The van der Waals surface area contributed by atoms with Crippen molar-refractivity contribution >= 4 is 23.2 Å². The first kappa shape index (κ1) is 24.8. The summed E-state index contributed by atoms with van der Waals surface area (Å²) in [6.45, 7) is 7.04. The number of hydrogen-bond acceptors (Lipinski definition) is 7. The molecule has 2 aliphatic heterocycles. The second-order valence-corrected chi connectivity index (χ2v) is 8.89. The number of carbonyl (C=O) groups is 2. The summed E-state index contributed by atoms with van der Waals surface area (Å²) >= 11 is 0. The number of nitrogens with zero attached hydrogens (tertiary/aromatic N) is 4. The van der Waals surface area contributed by atoms with Crippen molar-refractivity contribution in [3.05, 3.63) is 69.8 Å². The number of nitro groups is 1. The van der Waals surface area contributed by atoms with Gasteiger partial charge < -0.3 is 15.0 Å². The number of carbonyl (C=O) groups excluding carboxylic acids is 2. The third-order valence-corrected chi connectivity index (χ3v) is 6.47. The highest BCUT2D eigenvalue weighted by atomic mass is 16.6. The molecule has 2 heterocycles. The fourth-order valence-electron chi connectivity index (χ4n) is 4.54. The molecule has 2 amide bonds. The van der Waals surface area contributed by atoms with Crippen LogP contribution in [-0.2, 0) is 14.3 Å². The van der Waals surface area contributed by atoms with Gasteiger partial charge in [0, 0.05) is 45.3 Å². The average molecular weight is 482 g/mol. The van der Waals surface area contributed by atoms with Crippen LogP contribution in [0.3, 0.4) is 0 Å². The Kier molecular flexibility index (Phi) is 8.06. The number of ether oxygens (including phenoxy) is 1. The maximum Gasteiger partial charge on any atom is 0.293 e. The largest absolute Gasteiger partial charge is 0.379 e. The molecule has 0 saturated carbocycles. The van der Waals surface area contributed by atoms with E-state index in [1.54, 1.807) is 19.1 Å². The van der Waals surface area contributed by atoms with Gasteiger partial charge in [-0.25, -0.2) is 0 Å². The summed E-state index contributed by atoms with van der Waals surface area (Å²) in [5, 5.41) is 14.3. The van der Waals surface area contributed by atoms with Crippen molar-refractivity contribution in [2.24, 2.45) is 0 Å². The van der Waals surface area contributed by atoms with Gasteiger partial charge >= 0.3 is 0 Å². The van der Waals surface area contributed by atoms with Gasteiger partial charge in [-0.15, -0.1) is 0 Å². The summed E-state index contributed by atoms with van der Waals surface area (Å²) in [7, 11) is 0. The van der Waals surface area contributed by atoms with Crippen LogP contribution in [0.4, 0.5) is 11.4 Å². The highest BCUT2D eigenvalue weighted by Gasteiger charge is 2.33. The SMILES string of the molecule is Cc1ccc(NC(=O)C(c2ccccc2)N2CCN(C(=O)CN3CCOCC3)CC2)c([N+](=O)[O-])c1. The number of anilines is 1. The molecule has 0 aromatic heterocycles. The maximum atomic E-state index is 13.5. The molecule has 10 nitrogen and oxygen atoms in total. The molecular formula is C25H31N5O5. The molecule has 0 radical (unpaired) electrons. The number of nitro benzene ring substituents is 1. The average Bonchev–Trinajstić information content (AvgIpc) is 2.87. The lowest BCUT2D eigenvalue weighted by Crippen LogP contribution is -2.54. The number of rotatable bonds is 7. The van der Waals surface area contributed by atoms with E-state index in [9.17, 15) is 19.7 Å². The molecule has 0 bridgehead atoms. The number of piperazine rings is 1. The van der Waals surface area contributed by atoms with Gasteiger partial charge in [-0.05, 0) is 24.1 Å². The lowest BCUT2D eigenvalue weighted by atomic mass is 10.0. The van der Waals surface area contributed by atoms with Crippen molar-refractivity contribution < 1.29 is 19.2 Å². The van der Waals surface area contributed by atoms with Gasteiger partial charge in [0.05, 0.1) is 24.7 Å². The zero-order valence-electron chi connectivity index (χ0n) is 19.9. The number of benzene rings is 2. The highest BCUT2D eigenvalue weighted by molar-refractivity contribution is 5.97. The fourth-order valence-corrected chi connectivity index (χ4v) is 4.54. The molecule has 2 aromatic rings. The second kappa shape index (κ2) is 11.4. The van der Waals surface area contributed by atoms with Gasteiger partial charge in [0.25, 0.3) is 5.69 Å². The first-order valence-electron chi connectivity index (χ1n) is 11.8. The quantitative estimate of drug-likeness (QED) is 0.476. The third-order valence-electron chi connectivity index (χ3n) is 6.47. The maximum absolute atomic E-state index is 13.5. The predicted octanol–water partition coefficient (Wildman–Crippen LogP) is 2.06. The molecule has 2 saturated heterocycles. The molecule has 1 N–H and O–H groups in total. The molecule has 2 fully saturated rings. The molecule has 10 heteroatoms. The summed E-state index contributed by atoms with van der Waals surface area (Å²) in [5.74, 6) is -0.251. The normalized spacial score (nSPS) is 18.1. The number of morpholine rings is 1. The zero-order chi connectivity index (χ0) is 24.8. The van der Waals surface area contributed by atoms with E-state index >= 15 is 0 Å². The highest BCUT2D eigenvalue weighted by Crippen LogP contribution is 2.29. The molecule has 1 atom stereocenters. The molecule has 1 unspecified atom stereocenters. The second-order valence-electron chi connectivity index (χ2n) is 8.89. The van der Waals surface area contributed by atoms with Crippen LogP contribution in [0.1, 0.15) is 17.2 Å². The lowest BCUT2D eigenvalue weighted by Gasteiger charge is -2.39. The van der Waals surface area contributed by atoms with Gasteiger partial charge in [0.2, 0.25) is 11.8 Å². The van der Waals surface area contributed by atoms with Crippen molar-refractivity contribution in [2.45, 2.75) is 13.0 Å². The first-order valence-corrected chi connectivity index (χ1v) is 11.8. The Hall–Kier alpha value is -3.34. The Labute approximate surface area is 204 Å².